The number of nitrogens with zero attached hydrogens (tertiary/aromatic N) is 2. The van der Waals surface area contributed by atoms with E-state index in [1.807, 2.05) is 42.6 Å². The average molecular weight is 454 g/mol. The zero-order valence-electron chi connectivity index (χ0n) is 17.2. The van der Waals surface area contributed by atoms with E-state index >= 15 is 0 Å². The van der Waals surface area contributed by atoms with E-state index in [0.717, 1.165) is 22.4 Å². The van der Waals surface area contributed by atoms with Crippen molar-refractivity contribution in [2.75, 3.05) is 12.4 Å². The summed E-state index contributed by atoms with van der Waals surface area (Å²) in [7, 11) is 1.61. The molecule has 1 unspecified atom stereocenters. The second-order valence-corrected chi connectivity index (χ2v) is 8.43. The Labute approximate surface area is 188 Å². The van der Waals surface area contributed by atoms with Gasteiger partial charge in [0.15, 0.2) is 0 Å². The Hall–Kier alpha value is -3.16. The van der Waals surface area contributed by atoms with Gasteiger partial charge in [-0.2, -0.15) is 0 Å². The Morgan fingerprint density at radius 1 is 1.23 bits per heavy atom. The molecule has 2 heterocycles. The summed E-state index contributed by atoms with van der Waals surface area (Å²) in [4.78, 5) is 31.3. The van der Waals surface area contributed by atoms with E-state index in [0.29, 0.717) is 20.9 Å². The minimum atomic E-state index is -0.758. The molecule has 0 spiro atoms. The highest BCUT2D eigenvalue weighted by Gasteiger charge is 2.21. The first-order valence-corrected chi connectivity index (χ1v) is 10.8. The number of methoxy groups -OCH3 is 1. The Kier molecular flexibility index (Phi) is 5.80. The Morgan fingerprint density at radius 3 is 2.68 bits per heavy atom. The van der Waals surface area contributed by atoms with Crippen molar-refractivity contribution in [2.24, 2.45) is 0 Å². The molecule has 6 nitrogen and oxygen atoms in total. The molecule has 0 radical (unpaired) electrons. The summed E-state index contributed by atoms with van der Waals surface area (Å²) in [6.45, 7) is 3.55. The van der Waals surface area contributed by atoms with Gasteiger partial charge in [-0.1, -0.05) is 29.8 Å². The van der Waals surface area contributed by atoms with Gasteiger partial charge in [-0.15, -0.1) is 11.3 Å². The molecule has 1 amide bonds. The number of aryl methyl sites for hydroxylation is 1. The van der Waals surface area contributed by atoms with Gasteiger partial charge in [-0.05, 0) is 49.2 Å². The van der Waals surface area contributed by atoms with Crippen LogP contribution >= 0.6 is 22.9 Å². The predicted molar refractivity (Wildman–Crippen MR) is 125 cm³/mol. The van der Waals surface area contributed by atoms with Crippen LogP contribution in [0.5, 0.6) is 5.75 Å². The van der Waals surface area contributed by atoms with Crippen LogP contribution in [0.1, 0.15) is 18.5 Å². The fraction of sp³-hybridized carbons (Fsp3) is 0.174. The minimum absolute atomic E-state index is 0.262. The number of amides is 1. The minimum Gasteiger partial charge on any atom is -0.497 e. The standard InChI is InChI=1S/C23H20ClN3O3S/c1-13-4-7-16(24)10-19(13)26-21(28)14(2)27-12-25-22-20(23(27)29)18(11-31-22)15-5-8-17(30-3)9-6-15/h4-12,14H,1-3H3,(H,26,28). The number of rotatable bonds is 5. The number of carbonyl (C=O) groups is 1. The normalized spacial score (nSPS) is 12.0. The summed E-state index contributed by atoms with van der Waals surface area (Å²) in [5.74, 6) is 0.412. The first-order chi connectivity index (χ1) is 14.9. The quantitative estimate of drug-likeness (QED) is 0.445. The van der Waals surface area contributed by atoms with Crippen LogP contribution in [0.15, 0.2) is 59.0 Å². The molecule has 4 rings (SSSR count). The van der Waals surface area contributed by atoms with Crippen LogP contribution in [-0.2, 0) is 4.79 Å². The molecule has 1 atom stereocenters. The summed E-state index contributed by atoms with van der Waals surface area (Å²) in [5, 5.41) is 5.78. The second kappa shape index (κ2) is 8.53. The lowest BCUT2D eigenvalue weighted by molar-refractivity contribution is -0.118. The molecular formula is C23H20ClN3O3S. The van der Waals surface area contributed by atoms with E-state index in [-0.39, 0.29) is 11.5 Å². The molecule has 0 bridgehead atoms. The lowest BCUT2D eigenvalue weighted by Crippen LogP contribution is -2.31. The molecule has 31 heavy (non-hydrogen) atoms. The summed E-state index contributed by atoms with van der Waals surface area (Å²) < 4.78 is 6.57. The number of fused-ring (bicyclic) bond motifs is 1. The summed E-state index contributed by atoms with van der Waals surface area (Å²) >= 11 is 7.44. The van der Waals surface area contributed by atoms with Crippen LogP contribution in [0.25, 0.3) is 21.3 Å². The maximum Gasteiger partial charge on any atom is 0.263 e. The van der Waals surface area contributed by atoms with Crippen molar-refractivity contribution in [3.63, 3.8) is 0 Å². The number of halogens is 1. The van der Waals surface area contributed by atoms with Gasteiger partial charge in [0.1, 0.15) is 16.6 Å². The summed E-state index contributed by atoms with van der Waals surface area (Å²) in [5.41, 5.74) is 2.90. The smallest absolute Gasteiger partial charge is 0.263 e. The van der Waals surface area contributed by atoms with Crippen LogP contribution < -0.4 is 15.6 Å². The SMILES string of the molecule is COc1ccc(-c2csc3ncn(C(C)C(=O)Nc4cc(Cl)ccc4C)c(=O)c23)cc1. The van der Waals surface area contributed by atoms with E-state index in [1.165, 1.54) is 22.2 Å². The number of thiophene rings is 1. The number of benzene rings is 2. The van der Waals surface area contributed by atoms with Crippen molar-refractivity contribution in [3.8, 4) is 16.9 Å². The van der Waals surface area contributed by atoms with Crippen LogP contribution in [0.2, 0.25) is 5.02 Å². The Balaban J connectivity index is 1.70. The van der Waals surface area contributed by atoms with Gasteiger partial charge in [0, 0.05) is 21.7 Å². The second-order valence-electron chi connectivity index (χ2n) is 7.14. The number of aromatic nitrogens is 2. The molecule has 0 saturated heterocycles. The molecule has 0 aliphatic rings. The lowest BCUT2D eigenvalue weighted by Gasteiger charge is -2.16. The van der Waals surface area contributed by atoms with Gasteiger partial charge in [0.25, 0.3) is 5.56 Å². The van der Waals surface area contributed by atoms with Crippen molar-refractivity contribution < 1.29 is 9.53 Å². The van der Waals surface area contributed by atoms with E-state index in [9.17, 15) is 9.59 Å². The van der Waals surface area contributed by atoms with Gasteiger partial charge in [0.2, 0.25) is 5.91 Å². The highest BCUT2D eigenvalue weighted by Crippen LogP contribution is 2.32. The topological polar surface area (TPSA) is 73.2 Å². The van der Waals surface area contributed by atoms with Gasteiger partial charge in [-0.25, -0.2) is 4.98 Å². The Bertz CT molecular complexity index is 1330. The van der Waals surface area contributed by atoms with E-state index in [2.05, 4.69) is 10.3 Å². The molecule has 0 saturated carbocycles. The molecule has 1 N–H and O–H groups in total. The van der Waals surface area contributed by atoms with Crippen LogP contribution in [-0.4, -0.2) is 22.6 Å². The highest BCUT2D eigenvalue weighted by molar-refractivity contribution is 7.17. The zero-order valence-corrected chi connectivity index (χ0v) is 18.8. The van der Waals surface area contributed by atoms with E-state index in [4.69, 9.17) is 16.3 Å². The summed E-state index contributed by atoms with van der Waals surface area (Å²) in [6, 6.07) is 12.0. The van der Waals surface area contributed by atoms with Crippen LogP contribution in [0.3, 0.4) is 0 Å². The molecular weight excluding hydrogens is 434 g/mol. The molecule has 158 valence electrons. The van der Waals surface area contributed by atoms with Crippen molar-refractivity contribution in [1.82, 2.24) is 9.55 Å². The number of hydrogen-bond donors (Lipinski definition) is 1. The Morgan fingerprint density at radius 2 is 1.97 bits per heavy atom. The molecule has 4 aromatic rings. The van der Waals surface area contributed by atoms with Gasteiger partial charge >= 0.3 is 0 Å². The third-order valence-corrected chi connectivity index (χ3v) is 6.30. The molecule has 2 aromatic carbocycles. The average Bonchev–Trinajstić information content (AvgIpc) is 3.21. The van der Waals surface area contributed by atoms with Crippen molar-refractivity contribution in [3.05, 3.63) is 75.1 Å². The number of hydrogen-bond acceptors (Lipinski definition) is 5. The monoisotopic (exact) mass is 453 g/mol. The number of nitrogens with one attached hydrogen (secondary N) is 1. The third kappa shape index (κ3) is 4.06. The highest BCUT2D eigenvalue weighted by atomic mass is 35.5. The number of anilines is 1. The predicted octanol–water partition coefficient (Wildman–Crippen LogP) is 5.30. The van der Waals surface area contributed by atoms with Crippen molar-refractivity contribution >= 4 is 44.7 Å². The molecule has 8 heteroatoms. The maximum atomic E-state index is 13.3. The molecule has 0 aliphatic heterocycles. The third-order valence-electron chi connectivity index (χ3n) is 5.17. The summed E-state index contributed by atoms with van der Waals surface area (Å²) in [6.07, 6.45) is 1.42. The largest absolute Gasteiger partial charge is 0.497 e. The lowest BCUT2D eigenvalue weighted by atomic mass is 10.1. The van der Waals surface area contributed by atoms with Crippen LogP contribution in [0.4, 0.5) is 5.69 Å². The first-order valence-electron chi connectivity index (χ1n) is 9.59. The maximum absolute atomic E-state index is 13.3. The van der Waals surface area contributed by atoms with Gasteiger partial charge < -0.3 is 10.1 Å². The van der Waals surface area contributed by atoms with Crippen molar-refractivity contribution in [2.45, 2.75) is 19.9 Å². The first kappa shape index (κ1) is 21.1. The van der Waals surface area contributed by atoms with E-state index in [1.54, 1.807) is 26.2 Å². The van der Waals surface area contributed by atoms with Crippen molar-refractivity contribution in [1.29, 1.82) is 0 Å². The molecule has 2 aromatic heterocycles. The van der Waals surface area contributed by atoms with Crippen LogP contribution in [0, 0.1) is 6.92 Å². The fourth-order valence-electron chi connectivity index (χ4n) is 3.30. The molecule has 0 aliphatic carbocycles. The molecule has 0 fully saturated rings. The zero-order chi connectivity index (χ0) is 22.1. The van der Waals surface area contributed by atoms with Gasteiger partial charge in [-0.3, -0.25) is 14.2 Å². The number of carbonyl (C=O) groups excluding carboxylic acids is 1. The number of ether oxygens (including phenoxy) is 1. The van der Waals surface area contributed by atoms with E-state index < -0.39 is 6.04 Å². The van der Waals surface area contributed by atoms with Gasteiger partial charge in [0.05, 0.1) is 18.8 Å². The fourth-order valence-corrected chi connectivity index (χ4v) is 4.38.